The quantitative estimate of drug-likeness (QED) is 0.422. The largest absolute Gasteiger partial charge is 0.356 e. The number of nitrogens with zero attached hydrogens (tertiary/aromatic N) is 2. The third-order valence-corrected chi connectivity index (χ3v) is 5.67. The van der Waals surface area contributed by atoms with Crippen molar-refractivity contribution in [3.05, 3.63) is 16.1 Å². The van der Waals surface area contributed by atoms with Crippen molar-refractivity contribution < 1.29 is 0 Å². The minimum absolute atomic E-state index is 0. The second-order valence-corrected chi connectivity index (χ2v) is 7.19. The van der Waals surface area contributed by atoms with Crippen molar-refractivity contribution in [1.82, 2.24) is 15.6 Å². The van der Waals surface area contributed by atoms with Gasteiger partial charge in [-0.1, -0.05) is 6.92 Å². The van der Waals surface area contributed by atoms with E-state index >= 15 is 0 Å². The van der Waals surface area contributed by atoms with Gasteiger partial charge in [0.25, 0.3) is 0 Å². The molecule has 0 aromatic carbocycles. The number of guanidine groups is 1. The second kappa shape index (κ2) is 7.26. The molecule has 6 heteroatoms. The highest BCUT2D eigenvalue weighted by Crippen LogP contribution is 2.60. The Bertz CT molecular complexity index is 492. The summed E-state index contributed by atoms with van der Waals surface area (Å²) in [5, 5.41) is 8.00. The molecule has 21 heavy (non-hydrogen) atoms. The Morgan fingerprint density at radius 1 is 1.43 bits per heavy atom. The molecule has 0 amide bonds. The SMILES string of the molecule is CCc1cnc(CNC(=NC)NCC2(C3CC3)CC2)s1.I. The molecular formula is C15H25IN4S. The summed E-state index contributed by atoms with van der Waals surface area (Å²) >= 11 is 1.78. The zero-order chi connectivity index (χ0) is 14.0. The van der Waals surface area contributed by atoms with Gasteiger partial charge in [-0.3, -0.25) is 4.99 Å². The standard InChI is InChI=1S/C15H24N4S.HI/c1-3-12-8-17-13(20-12)9-18-14(16-2)19-10-15(6-7-15)11-4-5-11;/h8,11H,3-7,9-10H2,1-2H3,(H2,16,18,19);1H. The Kier molecular flexibility index (Phi) is 5.88. The van der Waals surface area contributed by atoms with E-state index in [9.17, 15) is 0 Å². The molecule has 0 unspecified atom stereocenters. The summed E-state index contributed by atoms with van der Waals surface area (Å²) in [6, 6.07) is 0. The highest BCUT2D eigenvalue weighted by Gasteiger charge is 2.53. The van der Waals surface area contributed by atoms with Crippen LogP contribution in [0.5, 0.6) is 0 Å². The maximum absolute atomic E-state index is 4.43. The van der Waals surface area contributed by atoms with E-state index in [2.05, 4.69) is 27.5 Å². The number of halogens is 1. The monoisotopic (exact) mass is 420 g/mol. The van der Waals surface area contributed by atoms with Crippen LogP contribution in [0.2, 0.25) is 0 Å². The van der Waals surface area contributed by atoms with Gasteiger partial charge in [0.05, 0.1) is 6.54 Å². The molecule has 1 heterocycles. The molecule has 2 fully saturated rings. The third-order valence-electron chi connectivity index (χ3n) is 4.52. The van der Waals surface area contributed by atoms with Crippen molar-refractivity contribution in [3.63, 3.8) is 0 Å². The number of hydrogen-bond donors (Lipinski definition) is 2. The summed E-state index contributed by atoms with van der Waals surface area (Å²) in [4.78, 5) is 10.1. The molecule has 0 atom stereocenters. The van der Waals surface area contributed by atoms with Crippen molar-refractivity contribution in [2.24, 2.45) is 16.3 Å². The minimum atomic E-state index is 0. The second-order valence-electron chi connectivity index (χ2n) is 5.99. The number of hydrogen-bond acceptors (Lipinski definition) is 3. The lowest BCUT2D eigenvalue weighted by atomic mass is 10.0. The smallest absolute Gasteiger partial charge is 0.191 e. The Hall–Kier alpha value is -0.370. The summed E-state index contributed by atoms with van der Waals surface area (Å²) in [5.74, 6) is 1.89. The van der Waals surface area contributed by atoms with Gasteiger partial charge in [-0.15, -0.1) is 35.3 Å². The van der Waals surface area contributed by atoms with E-state index in [0.717, 1.165) is 36.4 Å². The van der Waals surface area contributed by atoms with Crippen LogP contribution in [-0.4, -0.2) is 24.5 Å². The first-order valence-corrected chi connectivity index (χ1v) is 8.45. The highest BCUT2D eigenvalue weighted by atomic mass is 127. The van der Waals surface area contributed by atoms with Gasteiger partial charge in [-0.2, -0.15) is 0 Å². The van der Waals surface area contributed by atoms with E-state index in [-0.39, 0.29) is 24.0 Å². The molecule has 2 N–H and O–H groups in total. The fourth-order valence-electron chi connectivity index (χ4n) is 2.82. The van der Waals surface area contributed by atoms with Crippen LogP contribution in [0.1, 0.15) is 42.5 Å². The van der Waals surface area contributed by atoms with Crippen LogP contribution in [0.25, 0.3) is 0 Å². The van der Waals surface area contributed by atoms with Gasteiger partial charge in [-0.05, 0) is 43.4 Å². The average molecular weight is 420 g/mol. The molecule has 4 nitrogen and oxygen atoms in total. The molecular weight excluding hydrogens is 395 g/mol. The topological polar surface area (TPSA) is 49.3 Å². The molecule has 0 spiro atoms. The number of aliphatic imine (C=N–C) groups is 1. The number of aromatic nitrogens is 1. The van der Waals surface area contributed by atoms with E-state index in [1.54, 1.807) is 11.3 Å². The van der Waals surface area contributed by atoms with Gasteiger partial charge in [0.1, 0.15) is 5.01 Å². The Balaban J connectivity index is 0.00000161. The number of thiazole rings is 1. The lowest BCUT2D eigenvalue weighted by Gasteiger charge is -2.17. The fraction of sp³-hybridized carbons (Fsp3) is 0.733. The van der Waals surface area contributed by atoms with E-state index in [4.69, 9.17) is 0 Å². The van der Waals surface area contributed by atoms with Gasteiger partial charge in [-0.25, -0.2) is 4.98 Å². The van der Waals surface area contributed by atoms with Crippen molar-refractivity contribution in [2.75, 3.05) is 13.6 Å². The normalized spacial score (nSPS) is 19.8. The molecule has 2 saturated carbocycles. The first-order valence-electron chi connectivity index (χ1n) is 7.64. The maximum Gasteiger partial charge on any atom is 0.191 e. The fourth-order valence-corrected chi connectivity index (χ4v) is 3.62. The van der Waals surface area contributed by atoms with Crippen LogP contribution < -0.4 is 10.6 Å². The zero-order valence-electron chi connectivity index (χ0n) is 12.8. The molecule has 2 aliphatic carbocycles. The predicted octanol–water partition coefficient (Wildman–Crippen LogP) is 3.18. The first-order chi connectivity index (χ1) is 9.75. The molecule has 0 radical (unpaired) electrons. The Morgan fingerprint density at radius 3 is 2.71 bits per heavy atom. The van der Waals surface area contributed by atoms with Crippen LogP contribution >= 0.6 is 35.3 Å². The van der Waals surface area contributed by atoms with E-state index < -0.39 is 0 Å². The predicted molar refractivity (Wildman–Crippen MR) is 99.5 cm³/mol. The lowest BCUT2D eigenvalue weighted by Crippen LogP contribution is -2.40. The first kappa shape index (κ1) is 17.0. The van der Waals surface area contributed by atoms with Gasteiger partial charge in [0.2, 0.25) is 0 Å². The highest BCUT2D eigenvalue weighted by molar-refractivity contribution is 14.0. The third kappa shape index (κ3) is 4.31. The molecule has 1 aromatic heterocycles. The lowest BCUT2D eigenvalue weighted by molar-refractivity contribution is 0.431. The van der Waals surface area contributed by atoms with Gasteiger partial charge in [0.15, 0.2) is 5.96 Å². The van der Waals surface area contributed by atoms with Crippen LogP contribution in [0.3, 0.4) is 0 Å². The van der Waals surface area contributed by atoms with Crippen molar-refractivity contribution in [2.45, 2.75) is 45.6 Å². The van der Waals surface area contributed by atoms with Crippen LogP contribution in [0, 0.1) is 11.3 Å². The summed E-state index contributed by atoms with van der Waals surface area (Å²) in [6.45, 7) is 4.01. The minimum Gasteiger partial charge on any atom is -0.356 e. The van der Waals surface area contributed by atoms with Crippen molar-refractivity contribution in [1.29, 1.82) is 0 Å². The molecule has 0 aliphatic heterocycles. The molecule has 118 valence electrons. The van der Waals surface area contributed by atoms with Crippen LogP contribution in [0.4, 0.5) is 0 Å². The number of nitrogens with one attached hydrogen (secondary N) is 2. The average Bonchev–Trinajstić information content (AvgIpc) is 3.37. The van der Waals surface area contributed by atoms with Crippen molar-refractivity contribution >= 4 is 41.3 Å². The molecule has 0 saturated heterocycles. The molecule has 1 aromatic rings. The van der Waals surface area contributed by atoms with Gasteiger partial charge >= 0.3 is 0 Å². The number of rotatable bonds is 6. The van der Waals surface area contributed by atoms with E-state index in [1.807, 2.05) is 13.2 Å². The van der Waals surface area contributed by atoms with Gasteiger partial charge in [0, 0.05) is 24.7 Å². The van der Waals surface area contributed by atoms with Crippen molar-refractivity contribution in [3.8, 4) is 0 Å². The summed E-state index contributed by atoms with van der Waals surface area (Å²) in [5.41, 5.74) is 0.605. The van der Waals surface area contributed by atoms with Gasteiger partial charge < -0.3 is 10.6 Å². The zero-order valence-corrected chi connectivity index (χ0v) is 16.0. The Morgan fingerprint density at radius 2 is 2.19 bits per heavy atom. The molecule has 3 rings (SSSR count). The summed E-state index contributed by atoms with van der Waals surface area (Å²) in [6.07, 6.45) is 8.71. The Labute approximate surface area is 148 Å². The van der Waals surface area contributed by atoms with E-state index in [1.165, 1.54) is 30.6 Å². The summed E-state index contributed by atoms with van der Waals surface area (Å²) in [7, 11) is 1.84. The number of aryl methyl sites for hydroxylation is 1. The molecule has 2 aliphatic rings. The van der Waals surface area contributed by atoms with E-state index in [0.29, 0.717) is 5.41 Å². The molecule has 0 bridgehead atoms. The van der Waals surface area contributed by atoms with Crippen LogP contribution in [-0.2, 0) is 13.0 Å². The van der Waals surface area contributed by atoms with Crippen LogP contribution in [0.15, 0.2) is 11.2 Å². The summed E-state index contributed by atoms with van der Waals surface area (Å²) < 4.78 is 0. The maximum atomic E-state index is 4.43.